The number of nitrogens with one attached hydrogen (secondary N) is 2. The third-order valence-corrected chi connectivity index (χ3v) is 4.58. The number of nitrogens with zero attached hydrogens (tertiary/aromatic N) is 6. The van der Waals surface area contributed by atoms with Crippen molar-refractivity contribution in [3.63, 3.8) is 0 Å². The van der Waals surface area contributed by atoms with E-state index in [0.29, 0.717) is 19.0 Å². The summed E-state index contributed by atoms with van der Waals surface area (Å²) >= 11 is 0. The highest BCUT2D eigenvalue weighted by Gasteiger charge is 2.12. The molecule has 0 aliphatic heterocycles. The van der Waals surface area contributed by atoms with Crippen molar-refractivity contribution in [2.75, 3.05) is 7.05 Å². The maximum absolute atomic E-state index is 4.70. The molecule has 0 saturated carbocycles. The predicted molar refractivity (Wildman–Crippen MR) is 105 cm³/mol. The van der Waals surface area contributed by atoms with Crippen LogP contribution in [0.25, 0.3) is 0 Å². The second-order valence-electron chi connectivity index (χ2n) is 6.37. The van der Waals surface area contributed by atoms with E-state index in [1.54, 1.807) is 18.1 Å². The zero-order chi connectivity index (χ0) is 19.2. The fraction of sp³-hybridized carbons (Fsp3) is 0.368. The molecule has 2 N–H and O–H groups in total. The number of rotatable bonds is 6. The van der Waals surface area contributed by atoms with Crippen LogP contribution in [0.4, 0.5) is 0 Å². The summed E-state index contributed by atoms with van der Waals surface area (Å²) in [6.45, 7) is 6.13. The van der Waals surface area contributed by atoms with Crippen molar-refractivity contribution in [3.05, 3.63) is 65.0 Å². The van der Waals surface area contributed by atoms with Gasteiger partial charge in [0.25, 0.3) is 0 Å². The van der Waals surface area contributed by atoms with Crippen LogP contribution < -0.4 is 10.6 Å². The summed E-state index contributed by atoms with van der Waals surface area (Å²) in [6.07, 6.45) is 1.54. The molecular weight excluding hydrogens is 340 g/mol. The summed E-state index contributed by atoms with van der Waals surface area (Å²) in [4.78, 5) is 8.48. The lowest BCUT2D eigenvalue weighted by molar-refractivity contribution is 0.657. The van der Waals surface area contributed by atoms with Crippen LogP contribution in [0.3, 0.4) is 0 Å². The summed E-state index contributed by atoms with van der Waals surface area (Å²) in [5.41, 5.74) is 4.61. The highest BCUT2D eigenvalue weighted by Crippen LogP contribution is 2.14. The molecule has 2 heterocycles. The Hall–Kier alpha value is -3.16. The van der Waals surface area contributed by atoms with Gasteiger partial charge in [0.2, 0.25) is 0 Å². The molecule has 3 aromatic rings. The number of guanidine groups is 1. The van der Waals surface area contributed by atoms with Crippen LogP contribution in [0.2, 0.25) is 0 Å². The van der Waals surface area contributed by atoms with Crippen molar-refractivity contribution >= 4 is 5.96 Å². The minimum atomic E-state index is 0.557. The van der Waals surface area contributed by atoms with Gasteiger partial charge in [-0.3, -0.25) is 14.4 Å². The van der Waals surface area contributed by atoms with Gasteiger partial charge in [-0.25, -0.2) is 4.98 Å². The molecule has 0 radical (unpaired) electrons. The molecule has 8 nitrogen and oxygen atoms in total. The normalized spacial score (nSPS) is 11.6. The molecule has 1 aromatic carbocycles. The van der Waals surface area contributed by atoms with Gasteiger partial charge in [0.05, 0.1) is 18.8 Å². The minimum absolute atomic E-state index is 0.557. The number of aromatic nitrogens is 5. The third kappa shape index (κ3) is 4.52. The first-order valence-corrected chi connectivity index (χ1v) is 8.92. The zero-order valence-electron chi connectivity index (χ0n) is 16.3. The average Bonchev–Trinajstić information content (AvgIpc) is 3.20. The standard InChI is InChI=1S/C19H26N8/c1-14-17(15(2)27(25-14)12-16-8-6-5-7-9-16)10-21-19(20-3)22-11-18-23-13-24-26(18)4/h5-9,13H,10-12H2,1-4H3,(H2,20,21,22). The number of aryl methyl sites for hydroxylation is 2. The van der Waals surface area contributed by atoms with Crippen molar-refractivity contribution < 1.29 is 0 Å². The molecule has 0 saturated heterocycles. The van der Waals surface area contributed by atoms with Crippen molar-refractivity contribution in [1.82, 2.24) is 35.2 Å². The van der Waals surface area contributed by atoms with Gasteiger partial charge in [0.15, 0.2) is 5.96 Å². The number of hydrogen-bond acceptors (Lipinski definition) is 4. The lowest BCUT2D eigenvalue weighted by Crippen LogP contribution is -2.37. The second-order valence-corrected chi connectivity index (χ2v) is 6.37. The van der Waals surface area contributed by atoms with Crippen LogP contribution >= 0.6 is 0 Å². The molecule has 0 unspecified atom stereocenters. The summed E-state index contributed by atoms with van der Waals surface area (Å²) in [5, 5.41) is 15.4. The number of hydrogen-bond donors (Lipinski definition) is 2. The largest absolute Gasteiger partial charge is 0.352 e. The fourth-order valence-corrected chi connectivity index (χ4v) is 2.94. The molecule has 3 rings (SSSR count). The number of aliphatic imine (C=N–C) groups is 1. The van der Waals surface area contributed by atoms with E-state index >= 15 is 0 Å². The fourth-order valence-electron chi connectivity index (χ4n) is 2.94. The third-order valence-electron chi connectivity index (χ3n) is 4.58. The molecule has 27 heavy (non-hydrogen) atoms. The van der Waals surface area contributed by atoms with Gasteiger partial charge in [-0.15, -0.1) is 0 Å². The SMILES string of the molecule is CN=C(NCc1c(C)nn(Cc2ccccc2)c1C)NCc1ncnn1C. The maximum Gasteiger partial charge on any atom is 0.191 e. The Morgan fingerprint density at radius 3 is 2.52 bits per heavy atom. The molecule has 0 bridgehead atoms. The lowest BCUT2D eigenvalue weighted by atomic mass is 10.2. The Morgan fingerprint density at radius 1 is 1.11 bits per heavy atom. The highest BCUT2D eigenvalue weighted by molar-refractivity contribution is 5.79. The van der Waals surface area contributed by atoms with E-state index in [4.69, 9.17) is 5.10 Å². The summed E-state index contributed by atoms with van der Waals surface area (Å²) in [6, 6.07) is 10.4. The van der Waals surface area contributed by atoms with Crippen LogP contribution in [0.5, 0.6) is 0 Å². The Morgan fingerprint density at radius 2 is 1.85 bits per heavy atom. The van der Waals surface area contributed by atoms with Crippen molar-refractivity contribution in [2.24, 2.45) is 12.0 Å². The molecule has 0 aliphatic rings. The van der Waals surface area contributed by atoms with Crippen LogP contribution in [0.1, 0.15) is 28.3 Å². The smallest absolute Gasteiger partial charge is 0.191 e. The summed E-state index contributed by atoms with van der Waals surface area (Å²) < 4.78 is 3.79. The Bertz CT molecular complexity index is 907. The molecule has 0 spiro atoms. The average molecular weight is 366 g/mol. The van der Waals surface area contributed by atoms with Crippen molar-refractivity contribution in [3.8, 4) is 0 Å². The zero-order valence-corrected chi connectivity index (χ0v) is 16.3. The molecular formula is C19H26N8. The Labute approximate surface area is 159 Å². The van der Waals surface area contributed by atoms with E-state index in [1.807, 2.05) is 20.0 Å². The molecule has 142 valence electrons. The van der Waals surface area contributed by atoms with Gasteiger partial charge in [-0.05, 0) is 19.4 Å². The Kier molecular flexibility index (Phi) is 5.85. The maximum atomic E-state index is 4.70. The first-order chi connectivity index (χ1) is 13.1. The van der Waals surface area contributed by atoms with Crippen LogP contribution in [-0.4, -0.2) is 37.6 Å². The van der Waals surface area contributed by atoms with E-state index in [0.717, 1.165) is 23.8 Å². The van der Waals surface area contributed by atoms with Gasteiger partial charge in [-0.2, -0.15) is 10.2 Å². The molecule has 0 atom stereocenters. The van der Waals surface area contributed by atoms with Gasteiger partial charge in [0, 0.05) is 31.9 Å². The van der Waals surface area contributed by atoms with Gasteiger partial charge >= 0.3 is 0 Å². The first-order valence-electron chi connectivity index (χ1n) is 8.92. The van der Waals surface area contributed by atoms with Crippen molar-refractivity contribution in [2.45, 2.75) is 33.5 Å². The lowest BCUT2D eigenvalue weighted by Gasteiger charge is -2.12. The van der Waals surface area contributed by atoms with Crippen LogP contribution in [0.15, 0.2) is 41.7 Å². The van der Waals surface area contributed by atoms with Gasteiger partial charge in [0.1, 0.15) is 12.2 Å². The van der Waals surface area contributed by atoms with Gasteiger partial charge < -0.3 is 10.6 Å². The summed E-state index contributed by atoms with van der Waals surface area (Å²) in [7, 11) is 3.62. The molecule has 0 amide bonds. The summed E-state index contributed by atoms with van der Waals surface area (Å²) in [5.74, 6) is 1.56. The van der Waals surface area contributed by atoms with Crippen LogP contribution in [-0.2, 0) is 26.7 Å². The van der Waals surface area contributed by atoms with E-state index in [-0.39, 0.29) is 0 Å². The topological polar surface area (TPSA) is 84.9 Å². The van der Waals surface area contributed by atoms with E-state index < -0.39 is 0 Å². The minimum Gasteiger partial charge on any atom is -0.352 e. The quantitative estimate of drug-likeness (QED) is 0.511. The molecule has 0 aliphatic carbocycles. The molecule has 8 heteroatoms. The van der Waals surface area contributed by atoms with Gasteiger partial charge in [-0.1, -0.05) is 30.3 Å². The van der Waals surface area contributed by atoms with E-state index in [2.05, 4.69) is 61.6 Å². The second kappa shape index (κ2) is 8.48. The molecule has 0 fully saturated rings. The first kappa shape index (κ1) is 18.6. The monoisotopic (exact) mass is 366 g/mol. The predicted octanol–water partition coefficient (Wildman–Crippen LogP) is 1.54. The number of benzene rings is 1. The van der Waals surface area contributed by atoms with Crippen LogP contribution in [0, 0.1) is 13.8 Å². The Balaban J connectivity index is 1.62. The van der Waals surface area contributed by atoms with E-state index in [1.165, 1.54) is 11.1 Å². The van der Waals surface area contributed by atoms with E-state index in [9.17, 15) is 0 Å². The highest BCUT2D eigenvalue weighted by atomic mass is 15.3. The van der Waals surface area contributed by atoms with Crippen molar-refractivity contribution in [1.29, 1.82) is 0 Å². The molecule has 2 aromatic heterocycles.